The summed E-state index contributed by atoms with van der Waals surface area (Å²) < 4.78 is 5.32. The average molecular weight is 284 g/mol. The van der Waals surface area contributed by atoms with Crippen molar-refractivity contribution in [3.8, 4) is 0 Å². The van der Waals surface area contributed by atoms with Crippen molar-refractivity contribution in [1.29, 1.82) is 0 Å². The molecule has 5 heteroatoms. The molecule has 0 spiro atoms. The molecule has 0 aromatic rings. The van der Waals surface area contributed by atoms with E-state index in [1.54, 1.807) is 0 Å². The van der Waals surface area contributed by atoms with Crippen LogP contribution in [0.5, 0.6) is 0 Å². The maximum atomic E-state index is 5.32. The molecule has 118 valence electrons. The average Bonchev–Trinajstić information content (AvgIpc) is 2.50. The Labute approximate surface area is 124 Å². The number of piperidine rings is 1. The Morgan fingerprint density at radius 1 is 1.10 bits per heavy atom. The lowest BCUT2D eigenvalue weighted by molar-refractivity contribution is 0.143. The van der Waals surface area contributed by atoms with Gasteiger partial charge in [-0.2, -0.15) is 0 Å². The number of hydrogen-bond donors (Lipinski definition) is 2. The maximum Gasteiger partial charge on any atom is 0.191 e. The first kappa shape index (κ1) is 17.2. The van der Waals surface area contributed by atoms with Gasteiger partial charge in [0.2, 0.25) is 0 Å². The predicted octanol–water partition coefficient (Wildman–Crippen LogP) is 1.45. The number of unbranched alkanes of at least 4 members (excludes halogenated alkanes) is 1. The van der Waals surface area contributed by atoms with Crippen molar-refractivity contribution >= 4 is 5.96 Å². The zero-order valence-electron chi connectivity index (χ0n) is 13.3. The van der Waals surface area contributed by atoms with Crippen molar-refractivity contribution < 1.29 is 4.74 Å². The van der Waals surface area contributed by atoms with E-state index in [2.05, 4.69) is 20.5 Å². The molecule has 0 unspecified atom stereocenters. The molecule has 1 fully saturated rings. The van der Waals surface area contributed by atoms with Crippen LogP contribution in [0.15, 0.2) is 4.99 Å². The number of nitrogens with one attached hydrogen (secondary N) is 2. The molecular weight excluding hydrogens is 252 g/mol. The molecule has 0 atom stereocenters. The van der Waals surface area contributed by atoms with Gasteiger partial charge in [-0.1, -0.05) is 6.42 Å². The van der Waals surface area contributed by atoms with Gasteiger partial charge in [-0.25, -0.2) is 0 Å². The minimum atomic E-state index is 0.813. The van der Waals surface area contributed by atoms with Crippen molar-refractivity contribution in [3.63, 3.8) is 0 Å². The number of nitrogens with zero attached hydrogens (tertiary/aromatic N) is 2. The fraction of sp³-hybridized carbons (Fsp3) is 0.933. The summed E-state index contributed by atoms with van der Waals surface area (Å²) in [6.45, 7) is 9.26. The summed E-state index contributed by atoms with van der Waals surface area (Å²) in [7, 11) is 1.83. The number of rotatable bonds is 9. The fourth-order valence-corrected chi connectivity index (χ4v) is 2.42. The minimum absolute atomic E-state index is 0.813. The Morgan fingerprint density at radius 3 is 2.55 bits per heavy atom. The van der Waals surface area contributed by atoms with E-state index in [0.29, 0.717) is 0 Å². The summed E-state index contributed by atoms with van der Waals surface area (Å²) in [5.74, 6) is 0.915. The van der Waals surface area contributed by atoms with E-state index in [4.69, 9.17) is 4.74 Å². The van der Waals surface area contributed by atoms with Gasteiger partial charge in [-0.15, -0.1) is 0 Å². The molecule has 1 aliphatic heterocycles. The topological polar surface area (TPSA) is 48.9 Å². The van der Waals surface area contributed by atoms with Crippen LogP contribution >= 0.6 is 0 Å². The highest BCUT2D eigenvalue weighted by Gasteiger charge is 2.09. The lowest BCUT2D eigenvalue weighted by Gasteiger charge is -2.26. The first-order valence-corrected chi connectivity index (χ1v) is 8.11. The van der Waals surface area contributed by atoms with Gasteiger partial charge in [-0.05, 0) is 45.7 Å². The summed E-state index contributed by atoms with van der Waals surface area (Å²) in [6.07, 6.45) is 6.33. The fourth-order valence-electron chi connectivity index (χ4n) is 2.42. The standard InChI is InChI=1S/C15H32N4O/c1-3-20-14-8-5-9-17-15(16-2)18-10-13-19-11-6-4-7-12-19/h3-14H2,1-2H3,(H2,16,17,18). The third-order valence-corrected chi connectivity index (χ3v) is 3.60. The molecule has 0 aromatic heterocycles. The first-order chi connectivity index (χ1) is 9.86. The van der Waals surface area contributed by atoms with Gasteiger partial charge in [0.1, 0.15) is 0 Å². The van der Waals surface area contributed by atoms with Crippen LogP contribution < -0.4 is 10.6 Å². The molecule has 1 saturated heterocycles. The van der Waals surface area contributed by atoms with Crippen LogP contribution in [0.3, 0.4) is 0 Å². The molecule has 0 radical (unpaired) electrons. The summed E-state index contributed by atoms with van der Waals surface area (Å²) in [5.41, 5.74) is 0. The van der Waals surface area contributed by atoms with E-state index in [0.717, 1.165) is 51.6 Å². The van der Waals surface area contributed by atoms with Crippen molar-refractivity contribution in [1.82, 2.24) is 15.5 Å². The van der Waals surface area contributed by atoms with Crippen LogP contribution in [0.25, 0.3) is 0 Å². The molecule has 2 N–H and O–H groups in total. The van der Waals surface area contributed by atoms with Crippen molar-refractivity contribution in [2.24, 2.45) is 4.99 Å². The third-order valence-electron chi connectivity index (χ3n) is 3.60. The molecule has 1 aliphatic rings. The Morgan fingerprint density at radius 2 is 1.85 bits per heavy atom. The van der Waals surface area contributed by atoms with E-state index < -0.39 is 0 Å². The molecule has 0 aliphatic carbocycles. The molecular formula is C15H32N4O. The van der Waals surface area contributed by atoms with Crippen LogP contribution in [0.2, 0.25) is 0 Å². The van der Waals surface area contributed by atoms with Crippen molar-refractivity contribution in [2.45, 2.75) is 39.0 Å². The van der Waals surface area contributed by atoms with E-state index in [1.165, 1.54) is 32.4 Å². The number of guanidine groups is 1. The summed E-state index contributed by atoms with van der Waals surface area (Å²) in [4.78, 5) is 6.78. The smallest absolute Gasteiger partial charge is 0.191 e. The normalized spacial score (nSPS) is 17.2. The SMILES string of the molecule is CCOCCCCNC(=NC)NCCN1CCCCC1. The lowest BCUT2D eigenvalue weighted by Crippen LogP contribution is -2.42. The highest BCUT2D eigenvalue weighted by atomic mass is 16.5. The van der Waals surface area contributed by atoms with Crippen LogP contribution in [0, 0.1) is 0 Å². The molecule has 1 rings (SSSR count). The highest BCUT2D eigenvalue weighted by Crippen LogP contribution is 2.07. The van der Waals surface area contributed by atoms with Gasteiger partial charge >= 0.3 is 0 Å². The second-order valence-corrected chi connectivity index (χ2v) is 5.23. The Balaban J connectivity index is 1.98. The van der Waals surface area contributed by atoms with Gasteiger partial charge in [-0.3, -0.25) is 4.99 Å². The van der Waals surface area contributed by atoms with Crippen LogP contribution in [0.1, 0.15) is 39.0 Å². The second kappa shape index (κ2) is 12.0. The molecule has 0 aromatic carbocycles. The summed E-state index contributed by atoms with van der Waals surface area (Å²) >= 11 is 0. The maximum absolute atomic E-state index is 5.32. The van der Waals surface area contributed by atoms with E-state index in [-0.39, 0.29) is 0 Å². The van der Waals surface area contributed by atoms with E-state index in [1.807, 2.05) is 14.0 Å². The van der Waals surface area contributed by atoms with Crippen molar-refractivity contribution in [3.05, 3.63) is 0 Å². The Bertz CT molecular complexity index is 252. The van der Waals surface area contributed by atoms with Gasteiger partial charge in [0.05, 0.1) is 0 Å². The molecule has 0 bridgehead atoms. The Hall–Kier alpha value is -0.810. The predicted molar refractivity (Wildman–Crippen MR) is 85.4 cm³/mol. The van der Waals surface area contributed by atoms with Gasteiger partial charge < -0.3 is 20.3 Å². The molecule has 1 heterocycles. The monoisotopic (exact) mass is 284 g/mol. The quantitative estimate of drug-likeness (QED) is 0.382. The van der Waals surface area contributed by atoms with Crippen LogP contribution in [-0.4, -0.2) is 63.8 Å². The Kier molecular flexibility index (Phi) is 10.3. The van der Waals surface area contributed by atoms with Gasteiger partial charge in [0.15, 0.2) is 5.96 Å². The lowest BCUT2D eigenvalue weighted by atomic mass is 10.1. The third kappa shape index (κ3) is 8.38. The zero-order chi connectivity index (χ0) is 14.5. The van der Waals surface area contributed by atoms with E-state index in [9.17, 15) is 0 Å². The van der Waals surface area contributed by atoms with Gasteiger partial charge in [0.25, 0.3) is 0 Å². The zero-order valence-corrected chi connectivity index (χ0v) is 13.3. The molecule has 0 amide bonds. The van der Waals surface area contributed by atoms with Crippen molar-refractivity contribution in [2.75, 3.05) is 53.0 Å². The van der Waals surface area contributed by atoms with E-state index >= 15 is 0 Å². The summed E-state index contributed by atoms with van der Waals surface area (Å²) in [5, 5.41) is 6.73. The number of likely N-dealkylation sites (tertiary alicyclic amines) is 1. The highest BCUT2D eigenvalue weighted by molar-refractivity contribution is 5.79. The molecule has 5 nitrogen and oxygen atoms in total. The number of hydrogen-bond acceptors (Lipinski definition) is 3. The van der Waals surface area contributed by atoms with Crippen LogP contribution in [0.4, 0.5) is 0 Å². The number of aliphatic imine (C=N–C) groups is 1. The van der Waals surface area contributed by atoms with Gasteiger partial charge in [0, 0.05) is 39.9 Å². The summed E-state index contributed by atoms with van der Waals surface area (Å²) in [6, 6.07) is 0. The largest absolute Gasteiger partial charge is 0.382 e. The van der Waals surface area contributed by atoms with Crippen LogP contribution in [-0.2, 0) is 4.74 Å². The minimum Gasteiger partial charge on any atom is -0.382 e. The molecule has 20 heavy (non-hydrogen) atoms. The number of ether oxygens (including phenoxy) is 1. The second-order valence-electron chi connectivity index (χ2n) is 5.23. The first-order valence-electron chi connectivity index (χ1n) is 8.11. The molecule has 0 saturated carbocycles.